The molecule has 3 N–H and O–H groups in total. The number of hydrogen-bond acceptors (Lipinski definition) is 8. The van der Waals surface area contributed by atoms with Gasteiger partial charge in [0.15, 0.2) is 5.78 Å². The SMILES string of the molecule is CC(C)C[C@H](NC(=O)[C@H](COC(F)F)NC(=O)CN1CCOCC1)C(=O)N[C@@H](CC(C)C)C(=O)[C@@]1(C)CO1. The highest BCUT2D eigenvalue weighted by Gasteiger charge is 2.50. The van der Waals surface area contributed by atoms with Crippen molar-refractivity contribution in [2.45, 2.75) is 77.8 Å². The minimum atomic E-state index is -3.15. The van der Waals surface area contributed by atoms with E-state index in [1.165, 1.54) is 0 Å². The summed E-state index contributed by atoms with van der Waals surface area (Å²) >= 11 is 0. The van der Waals surface area contributed by atoms with Gasteiger partial charge in [0.25, 0.3) is 0 Å². The van der Waals surface area contributed by atoms with Crippen molar-refractivity contribution < 1.29 is 42.2 Å². The van der Waals surface area contributed by atoms with Crippen molar-refractivity contribution in [1.82, 2.24) is 20.9 Å². The monoisotopic (exact) mass is 548 g/mol. The molecule has 0 aromatic rings. The third kappa shape index (κ3) is 10.9. The van der Waals surface area contributed by atoms with E-state index < -0.39 is 54.7 Å². The van der Waals surface area contributed by atoms with E-state index in [4.69, 9.17) is 9.47 Å². The summed E-state index contributed by atoms with van der Waals surface area (Å²) in [7, 11) is 0. The van der Waals surface area contributed by atoms with Crippen molar-refractivity contribution in [3.05, 3.63) is 0 Å². The summed E-state index contributed by atoms with van der Waals surface area (Å²) in [5, 5.41) is 7.75. The highest BCUT2D eigenvalue weighted by atomic mass is 19.3. The average molecular weight is 549 g/mol. The molecule has 2 fully saturated rings. The molecule has 0 saturated carbocycles. The van der Waals surface area contributed by atoms with E-state index in [-0.39, 0.29) is 37.2 Å². The van der Waals surface area contributed by atoms with Gasteiger partial charge >= 0.3 is 6.61 Å². The van der Waals surface area contributed by atoms with Crippen LogP contribution in [0.2, 0.25) is 0 Å². The number of epoxide rings is 1. The van der Waals surface area contributed by atoms with E-state index in [2.05, 4.69) is 20.7 Å². The number of amides is 3. The first-order valence-electron chi connectivity index (χ1n) is 13.1. The van der Waals surface area contributed by atoms with Crippen molar-refractivity contribution in [2.24, 2.45) is 11.8 Å². The molecular formula is C25H42F2N4O7. The molecule has 0 spiro atoms. The minimum Gasteiger partial charge on any atom is -0.379 e. The summed E-state index contributed by atoms with van der Waals surface area (Å²) in [5.41, 5.74) is -0.938. The fraction of sp³-hybridized carbons (Fsp3) is 0.840. The minimum absolute atomic E-state index is 0.0266. The maximum absolute atomic E-state index is 13.3. The lowest BCUT2D eigenvalue weighted by Crippen LogP contribution is -2.58. The van der Waals surface area contributed by atoms with E-state index in [9.17, 15) is 28.0 Å². The van der Waals surface area contributed by atoms with Crippen LogP contribution in [0.5, 0.6) is 0 Å². The Morgan fingerprint density at radius 1 is 0.895 bits per heavy atom. The molecule has 11 nitrogen and oxygen atoms in total. The van der Waals surface area contributed by atoms with E-state index in [1.54, 1.807) is 6.92 Å². The molecule has 0 unspecified atom stereocenters. The number of alkyl halides is 2. The first kappa shape index (κ1) is 32.0. The predicted molar refractivity (Wildman–Crippen MR) is 133 cm³/mol. The number of hydrogen-bond donors (Lipinski definition) is 3. The zero-order valence-corrected chi connectivity index (χ0v) is 22.9. The van der Waals surface area contributed by atoms with Crippen molar-refractivity contribution in [1.29, 1.82) is 0 Å². The molecule has 38 heavy (non-hydrogen) atoms. The third-order valence-corrected chi connectivity index (χ3v) is 6.29. The molecule has 3 amide bonds. The molecule has 4 atom stereocenters. The van der Waals surface area contributed by atoms with Crippen molar-refractivity contribution in [3.63, 3.8) is 0 Å². The highest BCUT2D eigenvalue weighted by Crippen LogP contribution is 2.29. The van der Waals surface area contributed by atoms with Gasteiger partial charge in [0.1, 0.15) is 17.7 Å². The lowest BCUT2D eigenvalue weighted by Gasteiger charge is -2.28. The molecule has 0 aliphatic carbocycles. The number of nitrogens with zero attached hydrogens (tertiary/aromatic N) is 1. The van der Waals surface area contributed by atoms with Gasteiger partial charge in [0.2, 0.25) is 17.7 Å². The summed E-state index contributed by atoms with van der Waals surface area (Å²) in [6.07, 6.45) is 0.604. The van der Waals surface area contributed by atoms with Crippen molar-refractivity contribution >= 4 is 23.5 Å². The Hall–Kier alpha value is -2.22. The van der Waals surface area contributed by atoms with Crippen LogP contribution < -0.4 is 16.0 Å². The number of carbonyl (C=O) groups excluding carboxylic acids is 4. The maximum atomic E-state index is 13.3. The largest absolute Gasteiger partial charge is 0.379 e. The second kappa shape index (κ2) is 14.8. The number of ketones is 1. The van der Waals surface area contributed by atoms with Crippen LogP contribution in [0.1, 0.15) is 47.5 Å². The lowest BCUT2D eigenvalue weighted by molar-refractivity contribution is -0.148. The van der Waals surface area contributed by atoms with E-state index >= 15 is 0 Å². The maximum Gasteiger partial charge on any atom is 0.345 e. The summed E-state index contributed by atoms with van der Waals surface area (Å²) in [5.74, 6) is -2.14. The van der Waals surface area contributed by atoms with Crippen LogP contribution in [0.3, 0.4) is 0 Å². The molecule has 2 aliphatic rings. The number of carbonyl (C=O) groups is 4. The molecular weight excluding hydrogens is 506 g/mol. The molecule has 13 heteroatoms. The smallest absolute Gasteiger partial charge is 0.345 e. The summed E-state index contributed by atoms with van der Waals surface area (Å²) in [6, 6.07) is -3.33. The van der Waals surface area contributed by atoms with Gasteiger partial charge in [0.05, 0.1) is 39.0 Å². The summed E-state index contributed by atoms with van der Waals surface area (Å²) in [4.78, 5) is 53.6. The van der Waals surface area contributed by atoms with Crippen LogP contribution >= 0.6 is 0 Å². The van der Waals surface area contributed by atoms with Gasteiger partial charge in [-0.15, -0.1) is 0 Å². The molecule has 2 heterocycles. The molecule has 218 valence electrons. The fourth-order valence-corrected chi connectivity index (χ4v) is 4.12. The zero-order valence-electron chi connectivity index (χ0n) is 22.9. The normalized spacial score (nSPS) is 22.2. The summed E-state index contributed by atoms with van der Waals surface area (Å²) in [6.45, 7) is 7.48. The highest BCUT2D eigenvalue weighted by molar-refractivity contribution is 5.98. The topological polar surface area (TPSA) is 139 Å². The van der Waals surface area contributed by atoms with Gasteiger partial charge in [-0.1, -0.05) is 27.7 Å². The summed E-state index contributed by atoms with van der Waals surface area (Å²) < 4.78 is 40.3. The van der Waals surface area contributed by atoms with E-state index in [0.717, 1.165) is 0 Å². The molecule has 2 saturated heterocycles. The van der Waals surface area contributed by atoms with Gasteiger partial charge in [-0.25, -0.2) is 0 Å². The van der Waals surface area contributed by atoms with Gasteiger partial charge < -0.3 is 30.2 Å². The Bertz CT molecular complexity index is 818. The fourth-order valence-electron chi connectivity index (χ4n) is 4.12. The number of nitrogens with one attached hydrogen (secondary N) is 3. The molecule has 2 aliphatic heterocycles. The van der Waals surface area contributed by atoms with E-state index in [1.807, 2.05) is 32.6 Å². The first-order chi connectivity index (χ1) is 17.8. The second-order valence-corrected chi connectivity index (χ2v) is 10.9. The predicted octanol–water partition coefficient (Wildman–Crippen LogP) is 0.462. The molecule has 0 aromatic carbocycles. The standard InChI is InChI=1S/C25H42F2N4O7/c1-15(2)10-17(21(33)25(5)14-38-25)29-22(34)18(11-16(3)4)30-23(35)19(13-37-24(26)27)28-20(32)12-31-6-8-36-9-7-31/h15-19,24H,6-14H2,1-5H3,(H,28,32)(H,29,34)(H,30,35)/t17-,18-,19-,25+/m0/s1. The Morgan fingerprint density at radius 2 is 1.42 bits per heavy atom. The molecule has 0 aromatic heterocycles. The van der Waals surface area contributed by atoms with Crippen molar-refractivity contribution in [3.8, 4) is 0 Å². The first-order valence-corrected chi connectivity index (χ1v) is 13.1. The Labute approximate surface area is 222 Å². The van der Waals surface area contributed by atoms with Crippen LogP contribution in [0.15, 0.2) is 0 Å². The van der Waals surface area contributed by atoms with Crippen LogP contribution in [0.25, 0.3) is 0 Å². The van der Waals surface area contributed by atoms with Crippen molar-refractivity contribution in [2.75, 3.05) is 46.1 Å². The Morgan fingerprint density at radius 3 is 1.95 bits per heavy atom. The Kier molecular flexibility index (Phi) is 12.5. The van der Waals surface area contributed by atoms with E-state index in [0.29, 0.717) is 32.7 Å². The third-order valence-electron chi connectivity index (χ3n) is 6.29. The van der Waals surface area contributed by atoms with Crippen LogP contribution in [-0.2, 0) is 33.4 Å². The number of ether oxygens (including phenoxy) is 3. The number of rotatable bonds is 16. The Balaban J connectivity index is 2.10. The lowest BCUT2D eigenvalue weighted by atomic mass is 9.92. The second-order valence-electron chi connectivity index (χ2n) is 10.9. The quantitative estimate of drug-likeness (QED) is 0.237. The van der Waals surface area contributed by atoms with Gasteiger partial charge in [-0.3, -0.25) is 24.1 Å². The zero-order chi connectivity index (χ0) is 28.5. The van der Waals surface area contributed by atoms with Gasteiger partial charge in [-0.05, 0) is 31.6 Å². The van der Waals surface area contributed by atoms with Gasteiger partial charge in [-0.2, -0.15) is 8.78 Å². The molecule has 2 rings (SSSR count). The van der Waals surface area contributed by atoms with Gasteiger partial charge in [0, 0.05) is 13.1 Å². The van der Waals surface area contributed by atoms with Crippen LogP contribution in [0.4, 0.5) is 8.78 Å². The average Bonchev–Trinajstić information content (AvgIpc) is 3.58. The molecule has 0 radical (unpaired) electrons. The van der Waals surface area contributed by atoms with Crippen LogP contribution in [-0.4, -0.2) is 105 Å². The van der Waals surface area contributed by atoms with Crippen LogP contribution in [0, 0.1) is 11.8 Å². The number of morpholine rings is 1. The molecule has 0 bridgehead atoms. The number of Topliss-reactive ketones (excluding diaryl/α,β-unsaturated/α-hetero) is 1. The number of halogens is 2.